The first-order valence-corrected chi connectivity index (χ1v) is 19.7. The molecule has 1 atom stereocenters. The van der Waals surface area contributed by atoms with Gasteiger partial charge in [-0.25, -0.2) is 19.9 Å². The SMILES string of the molecule is N#Cc1ccc(N2CCc3c(ncnc3Nc3ccc(C(=O)NC4CCC(N5CCN(c6ccc(NC7CCC(=O)NC7=O)cc6)CC5)CC4)c(F)n3)C2)nc1Cl. The van der Waals surface area contributed by atoms with Crippen LogP contribution in [0.3, 0.4) is 0 Å². The molecule has 3 aliphatic heterocycles. The predicted octanol–water partition coefficient (Wildman–Crippen LogP) is 4.32. The molecule has 1 aliphatic carbocycles. The Kier molecular flexibility index (Phi) is 11.1. The Morgan fingerprint density at radius 3 is 2.40 bits per heavy atom. The number of rotatable bonds is 9. The van der Waals surface area contributed by atoms with Gasteiger partial charge >= 0.3 is 0 Å². The van der Waals surface area contributed by atoms with Crippen LogP contribution in [-0.2, 0) is 22.6 Å². The van der Waals surface area contributed by atoms with Gasteiger partial charge in [-0.15, -0.1) is 0 Å². The maximum absolute atomic E-state index is 15.3. The zero-order chi connectivity index (χ0) is 39.5. The fourth-order valence-corrected chi connectivity index (χ4v) is 8.32. The van der Waals surface area contributed by atoms with Crippen molar-refractivity contribution >= 4 is 58.2 Å². The van der Waals surface area contributed by atoms with Gasteiger partial charge in [0.2, 0.25) is 17.8 Å². The smallest absolute Gasteiger partial charge is 0.256 e. The van der Waals surface area contributed by atoms with Crippen molar-refractivity contribution in [3.8, 4) is 6.07 Å². The van der Waals surface area contributed by atoms with Crippen molar-refractivity contribution in [2.45, 2.75) is 69.6 Å². The summed E-state index contributed by atoms with van der Waals surface area (Å²) in [7, 11) is 0. The quantitative estimate of drug-likeness (QED) is 0.139. The summed E-state index contributed by atoms with van der Waals surface area (Å²) in [6.45, 7) is 4.74. The van der Waals surface area contributed by atoms with Crippen LogP contribution in [0.5, 0.6) is 0 Å². The molecule has 17 heteroatoms. The van der Waals surface area contributed by atoms with Gasteiger partial charge in [-0.05, 0) is 87.1 Å². The predicted molar refractivity (Wildman–Crippen MR) is 212 cm³/mol. The number of carbonyl (C=O) groups excluding carboxylic acids is 3. The molecular weight excluding hydrogens is 751 g/mol. The van der Waals surface area contributed by atoms with Gasteiger partial charge in [0.15, 0.2) is 0 Å². The van der Waals surface area contributed by atoms with Gasteiger partial charge in [0, 0.05) is 68.2 Å². The number of nitriles is 1. The first-order valence-electron chi connectivity index (χ1n) is 19.3. The van der Waals surface area contributed by atoms with Crippen LogP contribution in [0.25, 0.3) is 0 Å². The number of imide groups is 1. The number of piperazine rings is 1. The number of amides is 3. The van der Waals surface area contributed by atoms with Crippen molar-refractivity contribution in [2.24, 2.45) is 0 Å². The summed E-state index contributed by atoms with van der Waals surface area (Å²) in [4.78, 5) is 60.9. The van der Waals surface area contributed by atoms with Crippen molar-refractivity contribution in [1.82, 2.24) is 35.5 Å². The van der Waals surface area contributed by atoms with Crippen molar-refractivity contribution in [1.29, 1.82) is 5.26 Å². The van der Waals surface area contributed by atoms with Gasteiger partial charge in [0.25, 0.3) is 5.91 Å². The lowest BCUT2D eigenvalue weighted by atomic mass is 9.89. The Morgan fingerprint density at radius 1 is 0.895 bits per heavy atom. The van der Waals surface area contributed by atoms with Crippen LogP contribution in [0.1, 0.15) is 65.7 Å². The number of benzene rings is 1. The van der Waals surface area contributed by atoms with E-state index in [-0.39, 0.29) is 34.4 Å². The van der Waals surface area contributed by atoms with E-state index in [4.69, 9.17) is 16.9 Å². The summed E-state index contributed by atoms with van der Waals surface area (Å²) in [5, 5.41) is 21.1. The van der Waals surface area contributed by atoms with Crippen molar-refractivity contribution in [3.05, 3.63) is 88.3 Å². The topological polar surface area (TPSA) is 184 Å². The van der Waals surface area contributed by atoms with E-state index in [1.807, 2.05) is 23.1 Å². The van der Waals surface area contributed by atoms with Gasteiger partial charge < -0.3 is 25.8 Å². The number of carbonyl (C=O) groups is 3. The van der Waals surface area contributed by atoms with E-state index < -0.39 is 17.9 Å². The fraction of sp³-hybridized carbons (Fsp3) is 0.400. The van der Waals surface area contributed by atoms with Crippen LogP contribution in [-0.4, -0.2) is 93.4 Å². The summed E-state index contributed by atoms with van der Waals surface area (Å²) in [6.07, 6.45) is 6.38. The molecular formula is C40H42ClFN12O3. The van der Waals surface area contributed by atoms with Crippen LogP contribution in [0.4, 0.5) is 33.2 Å². The third-order valence-electron chi connectivity index (χ3n) is 11.3. The minimum absolute atomic E-state index is 0.0397. The highest BCUT2D eigenvalue weighted by Crippen LogP contribution is 2.30. The van der Waals surface area contributed by atoms with E-state index in [0.29, 0.717) is 55.6 Å². The normalized spacial score (nSPS) is 21.2. The van der Waals surface area contributed by atoms with E-state index in [1.54, 1.807) is 18.2 Å². The molecule has 0 spiro atoms. The highest BCUT2D eigenvalue weighted by atomic mass is 35.5. The lowest BCUT2D eigenvalue weighted by Gasteiger charge is -2.42. The fourth-order valence-electron chi connectivity index (χ4n) is 8.13. The van der Waals surface area contributed by atoms with Gasteiger partial charge in [0.05, 0.1) is 23.4 Å². The Hall–Kier alpha value is -5.92. The molecule has 4 N–H and O–H groups in total. The molecule has 3 aromatic heterocycles. The average molecular weight is 793 g/mol. The molecule has 2 saturated heterocycles. The molecule has 1 aromatic carbocycles. The Labute approximate surface area is 334 Å². The van der Waals surface area contributed by atoms with E-state index >= 15 is 4.39 Å². The van der Waals surface area contributed by atoms with Crippen LogP contribution >= 0.6 is 11.6 Å². The number of halogens is 2. The zero-order valence-electron chi connectivity index (χ0n) is 31.2. The standard InChI is InChI=1S/C40H42ClFN12O3/c41-36-24(21-43)1-13-34(50-36)54-16-15-29-32(22-54)44-23-45-38(29)49-33-12-10-30(37(42)48-33)39(56)47-26-4-8-28(9-5-26)53-19-17-52(18-20-53)27-6-2-25(3-7-27)46-31-11-14-35(55)51-40(31)57/h1-3,6-7,10,12-13,23,26,28,31,46H,4-5,8-9,11,14-20,22H2,(H,47,56)(H,51,55,57)(H,44,45,48,49). The van der Waals surface area contributed by atoms with Gasteiger partial charge in [-0.1, -0.05) is 11.6 Å². The lowest BCUT2D eigenvalue weighted by molar-refractivity contribution is -0.133. The summed E-state index contributed by atoms with van der Waals surface area (Å²) in [6, 6.07) is 16.5. The van der Waals surface area contributed by atoms with Crippen LogP contribution in [0.2, 0.25) is 5.15 Å². The second-order valence-corrected chi connectivity index (χ2v) is 15.2. The van der Waals surface area contributed by atoms with Crippen molar-refractivity contribution < 1.29 is 18.8 Å². The molecule has 8 rings (SSSR count). The monoisotopic (exact) mass is 792 g/mol. The summed E-state index contributed by atoms with van der Waals surface area (Å²) in [5.74, 6) is -0.456. The molecule has 294 valence electrons. The van der Waals surface area contributed by atoms with E-state index in [2.05, 4.69) is 63.1 Å². The van der Waals surface area contributed by atoms with Crippen LogP contribution in [0.15, 0.2) is 54.9 Å². The minimum Gasteiger partial charge on any atom is -0.374 e. The number of nitrogens with one attached hydrogen (secondary N) is 4. The molecule has 4 aliphatic rings. The highest BCUT2D eigenvalue weighted by Gasteiger charge is 2.31. The summed E-state index contributed by atoms with van der Waals surface area (Å²) in [5.41, 5.74) is 3.84. The molecule has 1 unspecified atom stereocenters. The number of piperidine rings is 1. The van der Waals surface area contributed by atoms with E-state index in [9.17, 15) is 14.4 Å². The molecule has 3 amide bonds. The highest BCUT2D eigenvalue weighted by molar-refractivity contribution is 6.30. The van der Waals surface area contributed by atoms with Crippen molar-refractivity contribution in [3.63, 3.8) is 0 Å². The number of aromatic nitrogens is 4. The van der Waals surface area contributed by atoms with Crippen molar-refractivity contribution in [2.75, 3.05) is 53.2 Å². The number of fused-ring (bicyclic) bond motifs is 1. The molecule has 3 fully saturated rings. The lowest BCUT2D eigenvalue weighted by Crippen LogP contribution is -2.52. The third kappa shape index (κ3) is 8.59. The average Bonchev–Trinajstić information content (AvgIpc) is 3.22. The number of anilines is 5. The molecule has 1 saturated carbocycles. The number of pyridine rings is 2. The molecule has 6 heterocycles. The molecule has 0 radical (unpaired) electrons. The van der Waals surface area contributed by atoms with Gasteiger partial charge in [-0.2, -0.15) is 9.65 Å². The first-order chi connectivity index (χ1) is 27.7. The molecule has 0 bridgehead atoms. The number of hydrogen-bond acceptors (Lipinski definition) is 13. The molecule has 15 nitrogen and oxygen atoms in total. The minimum atomic E-state index is -0.859. The largest absolute Gasteiger partial charge is 0.374 e. The Morgan fingerprint density at radius 2 is 1.68 bits per heavy atom. The second kappa shape index (κ2) is 16.7. The van der Waals surface area contributed by atoms with Gasteiger partial charge in [0.1, 0.15) is 41.0 Å². The molecule has 57 heavy (non-hydrogen) atoms. The second-order valence-electron chi connectivity index (χ2n) is 14.8. The zero-order valence-corrected chi connectivity index (χ0v) is 31.9. The van der Waals surface area contributed by atoms with E-state index in [0.717, 1.165) is 74.5 Å². The summed E-state index contributed by atoms with van der Waals surface area (Å²) >= 11 is 6.16. The number of hydrogen-bond donors (Lipinski definition) is 4. The Bertz CT molecular complexity index is 2200. The molecule has 4 aromatic rings. The third-order valence-corrected chi connectivity index (χ3v) is 11.6. The summed E-state index contributed by atoms with van der Waals surface area (Å²) < 4.78 is 15.3. The van der Waals surface area contributed by atoms with Gasteiger partial charge in [-0.3, -0.25) is 24.6 Å². The van der Waals surface area contributed by atoms with Crippen LogP contribution in [0, 0.1) is 17.3 Å². The number of nitrogens with zero attached hydrogens (tertiary/aromatic N) is 8. The maximum atomic E-state index is 15.3. The first kappa shape index (κ1) is 38.0. The van der Waals surface area contributed by atoms with E-state index in [1.165, 1.54) is 12.4 Å². The van der Waals surface area contributed by atoms with Crippen LogP contribution < -0.4 is 31.1 Å². The maximum Gasteiger partial charge on any atom is 0.256 e. The Balaban J connectivity index is 0.789.